The molecule has 0 rings (SSSR count). The van der Waals surface area contributed by atoms with E-state index in [0.29, 0.717) is 5.92 Å². The van der Waals surface area contributed by atoms with E-state index in [-0.39, 0.29) is 4.93 Å². The second-order valence-electron chi connectivity index (χ2n) is 3.10. The molecule has 9 heavy (non-hydrogen) atoms. The highest BCUT2D eigenvalue weighted by Crippen LogP contribution is 2.14. The van der Waals surface area contributed by atoms with Crippen LogP contribution in [0.2, 0.25) is 0 Å². The van der Waals surface area contributed by atoms with Crippen LogP contribution in [0, 0.1) is 5.92 Å². The first-order chi connectivity index (χ1) is 3.92. The molecule has 0 atom stereocenters. The molecule has 1 nitrogen and oxygen atoms in total. The van der Waals surface area contributed by atoms with E-state index in [1.807, 2.05) is 13.8 Å². The molecule has 0 aromatic rings. The van der Waals surface area contributed by atoms with Crippen molar-refractivity contribution in [2.45, 2.75) is 32.6 Å². The van der Waals surface area contributed by atoms with Crippen molar-refractivity contribution >= 4 is 12.6 Å². The van der Waals surface area contributed by atoms with Gasteiger partial charge < -0.3 is 4.74 Å². The average Bonchev–Trinajstić information content (AvgIpc) is 1.59. The zero-order valence-electron chi connectivity index (χ0n) is 6.60. The van der Waals surface area contributed by atoms with E-state index < -0.39 is 0 Å². The lowest BCUT2D eigenvalue weighted by Crippen LogP contribution is -2.18. The fourth-order valence-corrected chi connectivity index (χ4v) is 0.435. The number of ether oxygens (including phenoxy) is 1. The first-order valence-electron chi connectivity index (χ1n) is 3.26. The van der Waals surface area contributed by atoms with Crippen LogP contribution in [-0.4, -0.2) is 11.5 Å². The minimum absolute atomic E-state index is 0.385. The monoisotopic (exact) mass is 147 g/mol. The molecule has 0 aromatic heterocycles. The van der Waals surface area contributed by atoms with Crippen LogP contribution in [0.15, 0.2) is 0 Å². The maximum absolute atomic E-state index is 5.31. The van der Waals surface area contributed by atoms with Gasteiger partial charge >= 0.3 is 0 Å². The summed E-state index contributed by atoms with van der Waals surface area (Å²) in [5, 5.41) is 0. The van der Waals surface area contributed by atoms with Gasteiger partial charge in [-0.05, 0) is 19.8 Å². The van der Waals surface area contributed by atoms with Crippen molar-refractivity contribution in [2.75, 3.05) is 6.61 Å². The van der Waals surface area contributed by atoms with E-state index in [9.17, 15) is 0 Å². The van der Waals surface area contributed by atoms with Gasteiger partial charge in [-0.2, -0.15) is 0 Å². The van der Waals surface area contributed by atoms with Crippen LogP contribution in [-0.2, 0) is 4.74 Å². The van der Waals surface area contributed by atoms with Crippen LogP contribution >= 0.6 is 12.6 Å². The smallest absolute Gasteiger partial charge is 0.118 e. The second-order valence-corrected chi connectivity index (χ2v) is 4.09. The van der Waals surface area contributed by atoms with Crippen LogP contribution in [0.25, 0.3) is 0 Å². The first-order valence-corrected chi connectivity index (χ1v) is 3.67. The summed E-state index contributed by atoms with van der Waals surface area (Å²) in [6.45, 7) is 8.77. The maximum Gasteiger partial charge on any atom is 0.118 e. The van der Waals surface area contributed by atoms with Crippen LogP contribution in [0.1, 0.15) is 27.7 Å². The molecule has 0 N–H and O–H groups in total. The summed E-state index contributed by atoms with van der Waals surface area (Å²) in [6.07, 6.45) is 0. The van der Waals surface area contributed by atoms with E-state index in [4.69, 9.17) is 17.4 Å². The summed E-state index contributed by atoms with van der Waals surface area (Å²) in [5.41, 5.74) is 0. The molecule has 0 unspecified atom stereocenters. The fourth-order valence-electron chi connectivity index (χ4n) is 0.367. The fraction of sp³-hybridized carbons (Fsp3) is 1.00. The van der Waals surface area contributed by atoms with Crippen molar-refractivity contribution in [3.8, 4) is 0 Å². The van der Waals surface area contributed by atoms with Crippen LogP contribution < -0.4 is 0 Å². The minimum Gasteiger partial charge on any atom is -0.364 e. The quantitative estimate of drug-likeness (QED) is 0.596. The Morgan fingerprint density at radius 1 is 1.44 bits per heavy atom. The molecule has 0 fully saturated rings. The summed E-state index contributed by atoms with van der Waals surface area (Å²) in [5.74, 6) is 0.576. The highest BCUT2D eigenvalue weighted by molar-refractivity contribution is 7.81. The molecule has 0 heterocycles. The largest absolute Gasteiger partial charge is 0.364 e. The normalized spacial score (nSPS) is 12.7. The summed E-state index contributed by atoms with van der Waals surface area (Å²) < 4.78 is 5.31. The predicted octanol–water partition coefficient (Wildman–Crippen LogP) is 2.59. The van der Waals surface area contributed by atoms with E-state index in [1.54, 1.807) is 0 Å². The maximum atomic E-state index is 5.31. The summed E-state index contributed by atoms with van der Waals surface area (Å²) in [6, 6.07) is 0. The highest BCUT2D eigenvalue weighted by atomic mass is 32.1. The van der Waals surface area contributed by atoms with Gasteiger partial charge in [-0.25, -0.2) is 0 Å². The van der Waals surface area contributed by atoms with E-state index in [1.165, 1.54) is 0 Å². The third-order valence-corrected chi connectivity index (χ3v) is 0.882. The van der Waals surface area contributed by atoms with Gasteiger partial charge in [0.25, 0.3) is 0 Å². The molecule has 0 aromatic carbocycles. The Balaban J connectivity index is 3.28. The first kappa shape index (κ1) is 9.31. The average molecular weight is 147 g/mol. The van der Waals surface area contributed by atoms with Gasteiger partial charge in [0.1, 0.15) is 4.93 Å². The number of rotatable bonds is 3. The topological polar surface area (TPSA) is 9.23 Å². The molecule has 0 spiro atoms. The zero-order valence-corrected chi connectivity index (χ0v) is 7.42. The SMILES string of the molecule is CC(C)COC(C)(C)[S]. The molecule has 1 radical (unpaired) electrons. The number of hydrogen-bond donors (Lipinski definition) is 0. The Labute approximate surface area is 63.2 Å². The van der Waals surface area contributed by atoms with Gasteiger partial charge in [0.15, 0.2) is 0 Å². The summed E-state index contributed by atoms with van der Waals surface area (Å²) in [4.78, 5) is -0.385. The van der Waals surface area contributed by atoms with Gasteiger partial charge in [0.05, 0.1) is 6.61 Å². The third kappa shape index (κ3) is 8.31. The Morgan fingerprint density at radius 2 is 1.89 bits per heavy atom. The van der Waals surface area contributed by atoms with E-state index >= 15 is 0 Å². The molecule has 0 aliphatic heterocycles. The molecular weight excluding hydrogens is 132 g/mol. The lowest BCUT2D eigenvalue weighted by Gasteiger charge is -2.18. The summed E-state index contributed by atoms with van der Waals surface area (Å²) >= 11 is 4.98. The van der Waals surface area contributed by atoms with Crippen LogP contribution in [0.3, 0.4) is 0 Å². The van der Waals surface area contributed by atoms with Gasteiger partial charge in [0, 0.05) is 0 Å². The molecular formula is C7H15OS. The molecule has 0 aliphatic rings. The Bertz CT molecular complexity index is 73.5. The predicted molar refractivity (Wildman–Crippen MR) is 42.5 cm³/mol. The van der Waals surface area contributed by atoms with Crippen LogP contribution in [0.4, 0.5) is 0 Å². The van der Waals surface area contributed by atoms with Gasteiger partial charge in [0.2, 0.25) is 0 Å². The number of hydrogen-bond acceptors (Lipinski definition) is 1. The Kier molecular flexibility index (Phi) is 3.59. The summed E-state index contributed by atoms with van der Waals surface area (Å²) in [7, 11) is 0. The molecule has 55 valence electrons. The second kappa shape index (κ2) is 3.47. The van der Waals surface area contributed by atoms with Crippen molar-refractivity contribution in [3.05, 3.63) is 0 Å². The van der Waals surface area contributed by atoms with Crippen molar-refractivity contribution in [3.63, 3.8) is 0 Å². The van der Waals surface area contributed by atoms with Gasteiger partial charge in [-0.15, -0.1) is 0 Å². The van der Waals surface area contributed by atoms with E-state index in [0.717, 1.165) is 6.61 Å². The Hall–Kier alpha value is 0.310. The van der Waals surface area contributed by atoms with Gasteiger partial charge in [-0.1, -0.05) is 26.5 Å². The van der Waals surface area contributed by atoms with Crippen molar-refractivity contribution in [1.82, 2.24) is 0 Å². The molecule has 0 aliphatic carbocycles. The molecule has 2 heteroatoms. The highest BCUT2D eigenvalue weighted by Gasteiger charge is 2.12. The molecule has 0 amide bonds. The van der Waals surface area contributed by atoms with Crippen LogP contribution in [0.5, 0.6) is 0 Å². The van der Waals surface area contributed by atoms with Crippen molar-refractivity contribution in [2.24, 2.45) is 5.92 Å². The third-order valence-electron chi connectivity index (χ3n) is 0.764. The lowest BCUT2D eigenvalue weighted by molar-refractivity contribution is 0.0363. The van der Waals surface area contributed by atoms with Gasteiger partial charge in [-0.3, -0.25) is 0 Å². The van der Waals surface area contributed by atoms with E-state index in [2.05, 4.69) is 13.8 Å². The standard InChI is InChI=1S/C7H15OS/c1-6(2)5-8-7(3,4)9/h6H,5H2,1-4H3. The van der Waals surface area contributed by atoms with Crippen molar-refractivity contribution in [1.29, 1.82) is 0 Å². The Morgan fingerprint density at radius 3 is 2.00 bits per heavy atom. The molecule has 0 saturated carbocycles. The zero-order chi connectivity index (χ0) is 7.49. The molecule has 0 bridgehead atoms. The minimum atomic E-state index is -0.385. The van der Waals surface area contributed by atoms with Crippen molar-refractivity contribution < 1.29 is 4.74 Å². The molecule has 0 saturated heterocycles. The lowest BCUT2D eigenvalue weighted by atomic mass is 10.2.